The maximum atomic E-state index is 14.9. The lowest BCUT2D eigenvalue weighted by atomic mass is 9.91. The van der Waals surface area contributed by atoms with Crippen molar-refractivity contribution in [3.8, 4) is 5.69 Å². The molecule has 10 heteroatoms. The van der Waals surface area contributed by atoms with E-state index in [0.29, 0.717) is 24.6 Å². The summed E-state index contributed by atoms with van der Waals surface area (Å²) in [5.74, 6) is 0.260. The van der Waals surface area contributed by atoms with Crippen molar-refractivity contribution >= 4 is 10.0 Å². The Balaban J connectivity index is 1.68. The molecule has 0 saturated heterocycles. The summed E-state index contributed by atoms with van der Waals surface area (Å²) in [6, 6.07) is 13.1. The fraction of sp³-hybridized carbons (Fsp3) is 0.391. The molecule has 0 radical (unpaired) electrons. The van der Waals surface area contributed by atoms with Crippen molar-refractivity contribution in [3.05, 3.63) is 71.6 Å². The normalized spacial score (nSPS) is 19.2. The van der Waals surface area contributed by atoms with Crippen LogP contribution in [0.2, 0.25) is 0 Å². The number of sulfonamides is 1. The van der Waals surface area contributed by atoms with Gasteiger partial charge < -0.3 is 5.11 Å². The number of benzene rings is 2. The van der Waals surface area contributed by atoms with Crippen molar-refractivity contribution < 1.29 is 17.9 Å². The molecule has 1 aromatic heterocycles. The largest absolute Gasteiger partial charge is 0.391 e. The summed E-state index contributed by atoms with van der Waals surface area (Å²) in [6.45, 7) is 0.396. The average molecular weight is 474 g/mol. The van der Waals surface area contributed by atoms with Gasteiger partial charge >= 0.3 is 0 Å². The van der Waals surface area contributed by atoms with E-state index in [9.17, 15) is 17.9 Å². The Bertz CT molecular complexity index is 1220. The smallest absolute Gasteiger partial charge is 0.238 e. The Kier molecular flexibility index (Phi) is 6.89. The monoisotopic (exact) mass is 473 g/mol. The molecule has 3 N–H and O–H groups in total. The molecule has 4 rings (SSSR count). The minimum Gasteiger partial charge on any atom is -0.391 e. The molecule has 8 nitrogen and oxygen atoms in total. The van der Waals surface area contributed by atoms with Crippen LogP contribution in [-0.4, -0.2) is 52.4 Å². The summed E-state index contributed by atoms with van der Waals surface area (Å²) in [5, 5.41) is 20.1. The van der Waals surface area contributed by atoms with Gasteiger partial charge in [0.25, 0.3) is 0 Å². The Labute approximate surface area is 192 Å². The van der Waals surface area contributed by atoms with Gasteiger partial charge in [0.05, 0.1) is 17.5 Å². The van der Waals surface area contributed by atoms with Crippen molar-refractivity contribution in [2.75, 3.05) is 7.05 Å². The van der Waals surface area contributed by atoms with Gasteiger partial charge in [0.15, 0.2) is 5.82 Å². The summed E-state index contributed by atoms with van der Waals surface area (Å²) < 4.78 is 39.5. The van der Waals surface area contributed by atoms with Gasteiger partial charge in [0.2, 0.25) is 10.0 Å². The number of likely N-dealkylation sites (N-methyl/N-ethyl adjacent to an activating group) is 1. The second-order valence-electron chi connectivity index (χ2n) is 8.51. The highest BCUT2D eigenvalue weighted by atomic mass is 32.2. The van der Waals surface area contributed by atoms with Gasteiger partial charge in [-0.25, -0.2) is 27.6 Å². The molecule has 1 saturated carbocycles. The van der Waals surface area contributed by atoms with Crippen LogP contribution in [0, 0.1) is 5.82 Å². The number of aliphatic hydroxyl groups excluding tert-OH is 1. The van der Waals surface area contributed by atoms with Crippen LogP contribution in [0.25, 0.3) is 5.69 Å². The zero-order valence-electron chi connectivity index (χ0n) is 18.4. The van der Waals surface area contributed by atoms with E-state index in [1.807, 2.05) is 42.3 Å². The maximum Gasteiger partial charge on any atom is 0.238 e. The van der Waals surface area contributed by atoms with E-state index in [4.69, 9.17) is 5.14 Å². The van der Waals surface area contributed by atoms with Crippen LogP contribution in [-0.2, 0) is 23.0 Å². The van der Waals surface area contributed by atoms with E-state index in [1.54, 1.807) is 0 Å². The molecule has 3 aromatic rings. The summed E-state index contributed by atoms with van der Waals surface area (Å²) >= 11 is 0. The molecule has 1 heterocycles. The number of nitrogens with zero attached hydrogens (tertiary/aromatic N) is 4. The maximum absolute atomic E-state index is 14.9. The average Bonchev–Trinajstić information content (AvgIpc) is 3.15. The fourth-order valence-electron chi connectivity index (χ4n) is 4.33. The second-order valence-corrected chi connectivity index (χ2v) is 10.1. The quantitative estimate of drug-likeness (QED) is 0.545. The fourth-order valence-corrected chi connectivity index (χ4v) is 4.85. The van der Waals surface area contributed by atoms with Crippen LogP contribution >= 0.6 is 0 Å². The molecule has 0 aliphatic heterocycles. The number of hydrogen-bond acceptors (Lipinski definition) is 6. The Hall–Kier alpha value is -2.66. The van der Waals surface area contributed by atoms with Gasteiger partial charge in [-0.05, 0) is 43.7 Å². The van der Waals surface area contributed by atoms with Crippen molar-refractivity contribution in [1.82, 2.24) is 19.7 Å². The molecule has 0 spiro atoms. The first-order valence-electron chi connectivity index (χ1n) is 10.9. The molecule has 2 atom stereocenters. The van der Waals surface area contributed by atoms with Gasteiger partial charge in [0.1, 0.15) is 17.3 Å². The van der Waals surface area contributed by atoms with Crippen LogP contribution in [0.15, 0.2) is 53.4 Å². The van der Waals surface area contributed by atoms with Crippen molar-refractivity contribution in [3.63, 3.8) is 0 Å². The number of hydrogen-bond donors (Lipinski definition) is 2. The zero-order valence-corrected chi connectivity index (χ0v) is 19.2. The lowest BCUT2D eigenvalue weighted by molar-refractivity contribution is 0.0278. The van der Waals surface area contributed by atoms with Crippen molar-refractivity contribution in [1.29, 1.82) is 0 Å². The van der Waals surface area contributed by atoms with E-state index in [0.717, 1.165) is 37.3 Å². The van der Waals surface area contributed by atoms with Gasteiger partial charge in [-0.15, -0.1) is 5.10 Å². The third-order valence-corrected chi connectivity index (χ3v) is 6.96. The van der Waals surface area contributed by atoms with Gasteiger partial charge in [0, 0.05) is 12.5 Å². The molecule has 0 amide bonds. The molecule has 1 fully saturated rings. The molecule has 0 unspecified atom stereocenters. The van der Waals surface area contributed by atoms with E-state index in [1.165, 1.54) is 16.8 Å². The number of halogens is 1. The topological polar surface area (TPSA) is 114 Å². The highest BCUT2D eigenvalue weighted by Crippen LogP contribution is 2.24. The Morgan fingerprint density at radius 1 is 1.18 bits per heavy atom. The summed E-state index contributed by atoms with van der Waals surface area (Å²) in [4.78, 5) is 6.41. The van der Waals surface area contributed by atoms with E-state index in [-0.39, 0.29) is 16.6 Å². The second kappa shape index (κ2) is 9.68. The lowest BCUT2D eigenvalue weighted by Crippen LogP contribution is -2.43. The molecule has 1 aliphatic carbocycles. The molecule has 33 heavy (non-hydrogen) atoms. The number of nitrogens with two attached hydrogens (primary N) is 1. The molecule has 2 aromatic carbocycles. The summed E-state index contributed by atoms with van der Waals surface area (Å²) in [5.41, 5.74) is 1.07. The first kappa shape index (κ1) is 23.5. The predicted molar refractivity (Wildman–Crippen MR) is 122 cm³/mol. The highest BCUT2D eigenvalue weighted by molar-refractivity contribution is 7.89. The number of rotatable bonds is 7. The minimum atomic E-state index is -4.03. The SMILES string of the molecule is CN(Cc1nc(Cc2ccccc2)n(-c2ccc(S(N)(=O)=O)cc2F)n1)[C@@H]1CCCC[C@H]1O. The predicted octanol–water partition coefficient (Wildman–Crippen LogP) is 2.38. The van der Waals surface area contributed by atoms with E-state index in [2.05, 4.69) is 10.1 Å². The number of aromatic nitrogens is 3. The van der Waals surface area contributed by atoms with Crippen molar-refractivity contribution in [2.45, 2.75) is 55.7 Å². The first-order valence-corrected chi connectivity index (χ1v) is 12.5. The third kappa shape index (κ3) is 5.47. The van der Waals surface area contributed by atoms with Crippen LogP contribution < -0.4 is 5.14 Å². The van der Waals surface area contributed by atoms with Crippen LogP contribution in [0.4, 0.5) is 4.39 Å². The lowest BCUT2D eigenvalue weighted by Gasteiger charge is -2.34. The van der Waals surface area contributed by atoms with Gasteiger partial charge in [-0.3, -0.25) is 4.90 Å². The summed E-state index contributed by atoms with van der Waals surface area (Å²) in [7, 11) is -2.10. The number of primary sulfonamides is 1. The molecule has 176 valence electrons. The zero-order chi connectivity index (χ0) is 23.6. The molecule has 0 bridgehead atoms. The van der Waals surface area contributed by atoms with Crippen LogP contribution in [0.5, 0.6) is 0 Å². The third-order valence-electron chi connectivity index (χ3n) is 6.05. The molecular formula is C23H28FN5O3S. The van der Waals surface area contributed by atoms with Crippen LogP contribution in [0.3, 0.4) is 0 Å². The molecule has 1 aliphatic rings. The first-order chi connectivity index (χ1) is 15.7. The van der Waals surface area contributed by atoms with Gasteiger partial charge in [-0.1, -0.05) is 43.2 Å². The van der Waals surface area contributed by atoms with E-state index >= 15 is 0 Å². The Morgan fingerprint density at radius 2 is 1.91 bits per heavy atom. The number of aliphatic hydroxyl groups is 1. The van der Waals surface area contributed by atoms with Crippen LogP contribution in [0.1, 0.15) is 42.9 Å². The minimum absolute atomic E-state index is 0.0223. The van der Waals surface area contributed by atoms with Crippen molar-refractivity contribution in [2.24, 2.45) is 5.14 Å². The van der Waals surface area contributed by atoms with Gasteiger partial charge in [-0.2, -0.15) is 0 Å². The van der Waals surface area contributed by atoms with E-state index < -0.39 is 21.9 Å². The highest BCUT2D eigenvalue weighted by Gasteiger charge is 2.28. The summed E-state index contributed by atoms with van der Waals surface area (Å²) in [6.07, 6.45) is 3.79. The molecular weight excluding hydrogens is 445 g/mol. The standard InChI is InChI=1S/C23H28FN5O3S/c1-28(20-9-5-6-10-21(20)30)15-22-26-23(13-16-7-3-2-4-8-16)29(27-22)19-12-11-17(14-18(19)24)33(25,31)32/h2-4,7-8,11-12,14,20-21,30H,5-6,9-10,13,15H2,1H3,(H2,25,31,32)/t20-,21-/m1/s1. The Morgan fingerprint density at radius 3 is 2.58 bits per heavy atom.